The summed E-state index contributed by atoms with van der Waals surface area (Å²) in [5.74, 6) is 0. The summed E-state index contributed by atoms with van der Waals surface area (Å²) in [6.07, 6.45) is -0.567. The second-order valence-corrected chi connectivity index (χ2v) is 1.22. The van der Waals surface area contributed by atoms with E-state index in [1.54, 1.807) is 0 Å². The monoisotopic (exact) mass is 130 g/mol. The van der Waals surface area contributed by atoms with Crippen LogP contribution in [0.3, 0.4) is 0 Å². The number of nitrogens with zero attached hydrogens (tertiary/aromatic N) is 3. The molecule has 0 spiro atoms. The summed E-state index contributed by atoms with van der Waals surface area (Å²) in [7, 11) is 2.68. The molecule has 0 aromatic rings. The number of carbonyl (C=O) groups excluding carboxylic acids is 1. The fraction of sp³-hybridized carbons (Fsp3) is 0.500. The number of methoxy groups -OCH3 is 1. The van der Waals surface area contributed by atoms with Crippen molar-refractivity contribution < 1.29 is 9.53 Å². The van der Waals surface area contributed by atoms with Gasteiger partial charge in [0.05, 0.1) is 7.11 Å². The highest BCUT2D eigenvalue weighted by Crippen LogP contribution is 1.95. The van der Waals surface area contributed by atoms with E-state index in [0.29, 0.717) is 0 Å². The van der Waals surface area contributed by atoms with Crippen LogP contribution < -0.4 is 0 Å². The minimum atomic E-state index is -0.567. The van der Waals surface area contributed by atoms with Gasteiger partial charge in [-0.3, -0.25) is 0 Å². The maximum Gasteiger partial charge on any atom is 0.396 e. The first-order chi connectivity index (χ1) is 4.22. The molecule has 0 atom stereocenters. The van der Waals surface area contributed by atoms with E-state index in [-0.39, 0.29) is 0 Å². The average Bonchev–Trinajstić information content (AvgIpc) is 1.87. The Hall–Kier alpha value is -1.26. The van der Waals surface area contributed by atoms with E-state index in [1.807, 2.05) is 0 Å². The van der Waals surface area contributed by atoms with Crippen molar-refractivity contribution in [1.29, 1.82) is 0 Å². The van der Waals surface area contributed by atoms with Gasteiger partial charge < -0.3 is 20.4 Å². The Bertz CT molecular complexity index is 114. The molecule has 0 aromatic carbocycles. The van der Waals surface area contributed by atoms with Crippen LogP contribution in [0.1, 0.15) is 0 Å². The molecule has 0 rings (SSSR count). The predicted octanol–water partition coefficient (Wildman–Crippen LogP) is 0.589. The van der Waals surface area contributed by atoms with Gasteiger partial charge >= 0.3 is 6.09 Å². The fourth-order valence-electron chi connectivity index (χ4n) is 0.263. The number of hydrogen-bond acceptors (Lipinski definition) is 3. The van der Waals surface area contributed by atoms with Crippen molar-refractivity contribution in [3.05, 3.63) is 5.53 Å². The van der Waals surface area contributed by atoms with Crippen molar-refractivity contribution in [2.45, 2.75) is 0 Å². The Labute approximate surface area is 53.3 Å². The average molecular weight is 130 g/mol. The van der Waals surface area contributed by atoms with E-state index in [2.05, 4.69) is 22.1 Å². The van der Waals surface area contributed by atoms with Crippen LogP contribution in [0.25, 0.3) is 5.53 Å². The molecular formula is C4H8N3O2-. The first kappa shape index (κ1) is 7.74. The molecule has 1 amide bonds. The Balaban J connectivity index is 3.58. The minimum absolute atomic E-state index is 0.567. The number of hydrogen-bond donors (Lipinski definition) is 0. The highest BCUT2D eigenvalue weighted by atomic mass is 16.5. The molecule has 0 aliphatic rings. The largest absolute Gasteiger partial charge is 0.508 e. The zero-order chi connectivity index (χ0) is 7.28. The Kier molecular flexibility index (Phi) is 3.19. The van der Waals surface area contributed by atoms with Crippen molar-refractivity contribution in [3.63, 3.8) is 0 Å². The Morgan fingerprint density at radius 1 is 1.89 bits per heavy atom. The lowest BCUT2D eigenvalue weighted by molar-refractivity contribution is 0.143. The number of carbonyl (C=O) groups is 1. The summed E-state index contributed by atoms with van der Waals surface area (Å²) in [5.41, 5.74) is 3.27. The SMILES string of the molecule is C=N[N-]N(C)C(=O)OC. The summed E-state index contributed by atoms with van der Waals surface area (Å²) in [5, 5.41) is 4.04. The molecule has 5 heteroatoms. The maximum atomic E-state index is 10.4. The molecule has 0 bridgehead atoms. The van der Waals surface area contributed by atoms with E-state index >= 15 is 0 Å². The Morgan fingerprint density at radius 2 is 2.44 bits per heavy atom. The fourth-order valence-corrected chi connectivity index (χ4v) is 0.263. The summed E-state index contributed by atoms with van der Waals surface area (Å²) < 4.78 is 4.27. The quantitative estimate of drug-likeness (QED) is 0.405. The third-order valence-electron chi connectivity index (χ3n) is 0.636. The molecule has 0 aliphatic heterocycles. The molecular weight excluding hydrogens is 122 g/mol. The van der Waals surface area contributed by atoms with Gasteiger partial charge in [0.2, 0.25) is 0 Å². The van der Waals surface area contributed by atoms with Gasteiger partial charge in [-0.25, -0.2) is 4.79 Å². The van der Waals surface area contributed by atoms with Crippen molar-refractivity contribution in [3.8, 4) is 0 Å². The second-order valence-electron chi connectivity index (χ2n) is 1.22. The Morgan fingerprint density at radius 3 is 2.78 bits per heavy atom. The van der Waals surface area contributed by atoms with Gasteiger partial charge in [-0.15, -0.1) is 0 Å². The van der Waals surface area contributed by atoms with Crippen LogP contribution in [0, 0.1) is 0 Å². The summed E-state index contributed by atoms with van der Waals surface area (Å²) in [4.78, 5) is 10.4. The van der Waals surface area contributed by atoms with Gasteiger partial charge in [0.1, 0.15) is 0 Å². The molecule has 5 nitrogen and oxygen atoms in total. The molecule has 0 fully saturated rings. The molecule has 0 aliphatic carbocycles. The highest BCUT2D eigenvalue weighted by Gasteiger charge is 1.95. The molecule has 0 unspecified atom stereocenters. The molecule has 0 aromatic heterocycles. The van der Waals surface area contributed by atoms with Crippen LogP contribution >= 0.6 is 0 Å². The number of ether oxygens (including phenoxy) is 1. The zero-order valence-corrected chi connectivity index (χ0v) is 5.37. The normalized spacial score (nSPS) is 7.78. The minimum Gasteiger partial charge on any atom is -0.508 e. The van der Waals surface area contributed by atoms with Gasteiger partial charge in [0.15, 0.2) is 0 Å². The standard InChI is InChI=1S/C4H8N3O2/c1-5-6-7(2)4(8)9-3/h1H2,2-3H3/q-1. The predicted molar refractivity (Wildman–Crippen MR) is 33.1 cm³/mol. The molecule has 0 saturated heterocycles. The van der Waals surface area contributed by atoms with Gasteiger partial charge in [-0.2, -0.15) is 0 Å². The van der Waals surface area contributed by atoms with E-state index in [4.69, 9.17) is 0 Å². The molecule has 0 saturated carbocycles. The molecule has 0 N–H and O–H groups in total. The van der Waals surface area contributed by atoms with Crippen LogP contribution in [-0.4, -0.2) is 32.0 Å². The van der Waals surface area contributed by atoms with Gasteiger partial charge in [0, 0.05) is 0 Å². The maximum absolute atomic E-state index is 10.4. The summed E-state index contributed by atoms with van der Waals surface area (Å²) in [6, 6.07) is 0. The topological polar surface area (TPSA) is 56.0 Å². The summed E-state index contributed by atoms with van der Waals surface area (Å²) >= 11 is 0. The van der Waals surface area contributed by atoms with Crippen LogP contribution in [0.15, 0.2) is 5.10 Å². The molecule has 9 heavy (non-hydrogen) atoms. The number of amides is 1. The van der Waals surface area contributed by atoms with Crippen molar-refractivity contribution in [2.75, 3.05) is 14.2 Å². The van der Waals surface area contributed by atoms with Gasteiger partial charge in [0.25, 0.3) is 0 Å². The molecule has 0 radical (unpaired) electrons. The number of rotatable bonds is 2. The third kappa shape index (κ3) is 2.53. The van der Waals surface area contributed by atoms with Crippen molar-refractivity contribution >= 4 is 12.8 Å². The van der Waals surface area contributed by atoms with Crippen LogP contribution in [0.2, 0.25) is 0 Å². The van der Waals surface area contributed by atoms with Crippen LogP contribution in [-0.2, 0) is 4.74 Å². The highest BCUT2D eigenvalue weighted by molar-refractivity contribution is 5.68. The summed E-state index contributed by atoms with van der Waals surface area (Å²) in [6.45, 7) is 3.05. The molecule has 0 heterocycles. The molecule has 52 valence electrons. The van der Waals surface area contributed by atoms with E-state index in [1.165, 1.54) is 14.2 Å². The van der Waals surface area contributed by atoms with E-state index in [9.17, 15) is 4.79 Å². The smallest absolute Gasteiger partial charge is 0.396 e. The lowest BCUT2D eigenvalue weighted by atomic mass is 11.0. The third-order valence-corrected chi connectivity index (χ3v) is 0.636. The first-order valence-corrected chi connectivity index (χ1v) is 2.20. The lowest BCUT2D eigenvalue weighted by Crippen LogP contribution is -2.20. The van der Waals surface area contributed by atoms with E-state index < -0.39 is 6.09 Å². The van der Waals surface area contributed by atoms with Gasteiger partial charge in [-0.05, 0) is 13.8 Å². The second kappa shape index (κ2) is 3.71. The van der Waals surface area contributed by atoms with Crippen molar-refractivity contribution in [1.82, 2.24) is 5.01 Å². The van der Waals surface area contributed by atoms with Gasteiger partial charge in [-0.1, -0.05) is 0 Å². The van der Waals surface area contributed by atoms with Crippen molar-refractivity contribution in [2.24, 2.45) is 5.10 Å². The lowest BCUT2D eigenvalue weighted by Gasteiger charge is -2.26. The first-order valence-electron chi connectivity index (χ1n) is 2.20. The van der Waals surface area contributed by atoms with Crippen LogP contribution in [0.4, 0.5) is 4.79 Å². The van der Waals surface area contributed by atoms with Crippen LogP contribution in [0.5, 0.6) is 0 Å². The van der Waals surface area contributed by atoms with E-state index in [0.717, 1.165) is 5.01 Å². The zero-order valence-electron chi connectivity index (χ0n) is 5.37.